The number of hydrogen-bond acceptors (Lipinski definition) is 4. The third-order valence-corrected chi connectivity index (χ3v) is 5.04. The van der Waals surface area contributed by atoms with Crippen LogP contribution in [0.5, 0.6) is 5.75 Å². The minimum Gasteiger partial charge on any atom is -0.487 e. The molecule has 3 aromatic rings. The Hall–Kier alpha value is -2.88. The van der Waals surface area contributed by atoms with Crippen molar-refractivity contribution in [3.63, 3.8) is 0 Å². The zero-order chi connectivity index (χ0) is 17.8. The summed E-state index contributed by atoms with van der Waals surface area (Å²) in [5.41, 5.74) is 3.64. The molecule has 4 rings (SSSR count). The second kappa shape index (κ2) is 7.56. The van der Waals surface area contributed by atoms with Crippen molar-refractivity contribution in [2.24, 2.45) is 11.1 Å². The van der Waals surface area contributed by atoms with Crippen molar-refractivity contribution in [1.82, 2.24) is 4.98 Å². The first kappa shape index (κ1) is 16.6. The highest BCUT2D eigenvalue weighted by atomic mass is 16.5. The summed E-state index contributed by atoms with van der Waals surface area (Å²) in [5, 5.41) is 14.1. The molecule has 4 nitrogen and oxygen atoms in total. The molecule has 2 aromatic carbocycles. The maximum absolute atomic E-state index is 9.40. The van der Waals surface area contributed by atoms with Crippen molar-refractivity contribution in [2.75, 3.05) is 0 Å². The van der Waals surface area contributed by atoms with E-state index in [0.29, 0.717) is 12.5 Å². The van der Waals surface area contributed by atoms with Gasteiger partial charge in [0.1, 0.15) is 12.4 Å². The van der Waals surface area contributed by atoms with Gasteiger partial charge < -0.3 is 9.94 Å². The normalized spacial score (nSPS) is 15.5. The van der Waals surface area contributed by atoms with Crippen molar-refractivity contribution < 1.29 is 9.94 Å². The number of aromatic nitrogens is 1. The van der Waals surface area contributed by atoms with Crippen LogP contribution in [0.2, 0.25) is 0 Å². The van der Waals surface area contributed by atoms with E-state index in [-0.39, 0.29) is 0 Å². The molecule has 0 amide bonds. The van der Waals surface area contributed by atoms with Crippen molar-refractivity contribution in [3.8, 4) is 5.75 Å². The van der Waals surface area contributed by atoms with Gasteiger partial charge in [-0.25, -0.2) is 4.98 Å². The van der Waals surface area contributed by atoms with E-state index in [1.54, 1.807) is 0 Å². The van der Waals surface area contributed by atoms with E-state index >= 15 is 0 Å². The van der Waals surface area contributed by atoms with Crippen LogP contribution < -0.4 is 4.74 Å². The first-order valence-corrected chi connectivity index (χ1v) is 9.13. The van der Waals surface area contributed by atoms with E-state index in [4.69, 9.17) is 4.74 Å². The summed E-state index contributed by atoms with van der Waals surface area (Å²) >= 11 is 0. The minimum absolute atomic E-state index is 0.369. The summed E-state index contributed by atoms with van der Waals surface area (Å²) in [5.74, 6) is 1.15. The molecule has 1 aliphatic carbocycles. The second-order valence-corrected chi connectivity index (χ2v) is 6.77. The van der Waals surface area contributed by atoms with E-state index < -0.39 is 0 Å². The molecule has 1 heterocycles. The highest BCUT2D eigenvalue weighted by Gasteiger charge is 2.22. The van der Waals surface area contributed by atoms with E-state index in [2.05, 4.69) is 22.3 Å². The van der Waals surface area contributed by atoms with Gasteiger partial charge in [-0.1, -0.05) is 42.3 Å². The number of oxime groups is 1. The van der Waals surface area contributed by atoms with Gasteiger partial charge in [-0.2, -0.15) is 0 Å². The van der Waals surface area contributed by atoms with Gasteiger partial charge in [-0.3, -0.25) is 0 Å². The van der Waals surface area contributed by atoms with Gasteiger partial charge in [0.2, 0.25) is 0 Å². The fourth-order valence-electron chi connectivity index (χ4n) is 3.64. The summed E-state index contributed by atoms with van der Waals surface area (Å²) in [6.45, 7) is 0.424. The van der Waals surface area contributed by atoms with E-state index in [1.807, 2.05) is 48.5 Å². The third kappa shape index (κ3) is 3.54. The molecule has 1 saturated carbocycles. The van der Waals surface area contributed by atoms with E-state index in [9.17, 15) is 5.21 Å². The van der Waals surface area contributed by atoms with Crippen LogP contribution >= 0.6 is 0 Å². The molecular weight excluding hydrogens is 324 g/mol. The lowest BCUT2D eigenvalue weighted by atomic mass is 9.95. The lowest BCUT2D eigenvalue weighted by Gasteiger charge is -2.12. The van der Waals surface area contributed by atoms with Crippen molar-refractivity contribution in [3.05, 3.63) is 71.9 Å². The monoisotopic (exact) mass is 346 g/mol. The highest BCUT2D eigenvalue weighted by Crippen LogP contribution is 2.29. The number of para-hydroxylation sites is 1. The smallest absolute Gasteiger partial charge is 0.130 e. The number of fused-ring (bicyclic) bond motifs is 1. The Morgan fingerprint density at radius 3 is 2.54 bits per heavy atom. The molecule has 1 N–H and O–H groups in total. The molecule has 1 aliphatic rings. The number of pyridine rings is 1. The van der Waals surface area contributed by atoms with Gasteiger partial charge in [-0.15, -0.1) is 0 Å². The molecule has 1 aromatic heterocycles. The fourth-order valence-corrected chi connectivity index (χ4v) is 3.64. The molecule has 0 bridgehead atoms. The molecule has 0 aliphatic heterocycles. The highest BCUT2D eigenvalue weighted by molar-refractivity contribution is 6.02. The Labute approximate surface area is 153 Å². The quantitative estimate of drug-likeness (QED) is 0.393. The minimum atomic E-state index is 0.369. The van der Waals surface area contributed by atoms with Crippen molar-refractivity contribution in [2.45, 2.75) is 32.3 Å². The predicted octanol–water partition coefficient (Wildman–Crippen LogP) is 5.18. The number of ether oxygens (including phenoxy) is 1. The van der Waals surface area contributed by atoms with Gasteiger partial charge in [0.15, 0.2) is 0 Å². The van der Waals surface area contributed by atoms with Crippen LogP contribution in [0, 0.1) is 5.92 Å². The van der Waals surface area contributed by atoms with Crippen LogP contribution in [0.4, 0.5) is 0 Å². The maximum Gasteiger partial charge on any atom is 0.130 e. The Morgan fingerprint density at radius 2 is 1.77 bits per heavy atom. The molecule has 0 spiro atoms. The van der Waals surface area contributed by atoms with Crippen LogP contribution in [0.3, 0.4) is 0 Å². The van der Waals surface area contributed by atoms with Crippen LogP contribution in [0.25, 0.3) is 10.9 Å². The summed E-state index contributed by atoms with van der Waals surface area (Å²) in [6, 6.07) is 19.9. The zero-order valence-corrected chi connectivity index (χ0v) is 14.6. The molecule has 132 valence electrons. The van der Waals surface area contributed by atoms with Crippen molar-refractivity contribution >= 4 is 16.6 Å². The van der Waals surface area contributed by atoms with Crippen LogP contribution in [-0.4, -0.2) is 15.9 Å². The molecule has 0 saturated heterocycles. The largest absolute Gasteiger partial charge is 0.487 e. The van der Waals surface area contributed by atoms with E-state index in [1.165, 1.54) is 12.8 Å². The Kier molecular flexibility index (Phi) is 4.82. The molecule has 4 heteroatoms. The third-order valence-electron chi connectivity index (χ3n) is 5.04. The Morgan fingerprint density at radius 1 is 1.00 bits per heavy atom. The number of nitrogens with zero attached hydrogens (tertiary/aromatic N) is 2. The average molecular weight is 346 g/mol. The van der Waals surface area contributed by atoms with Crippen LogP contribution in [0.1, 0.15) is 36.9 Å². The van der Waals surface area contributed by atoms with Gasteiger partial charge in [0.05, 0.1) is 16.9 Å². The van der Waals surface area contributed by atoms with Crippen molar-refractivity contribution in [1.29, 1.82) is 0 Å². The predicted molar refractivity (Wildman–Crippen MR) is 103 cm³/mol. The van der Waals surface area contributed by atoms with E-state index in [0.717, 1.165) is 46.5 Å². The lowest BCUT2D eigenvalue weighted by Crippen LogP contribution is -2.12. The first-order valence-electron chi connectivity index (χ1n) is 9.13. The molecular formula is C22H22N2O2. The van der Waals surface area contributed by atoms with Gasteiger partial charge in [0, 0.05) is 11.3 Å². The maximum atomic E-state index is 9.40. The summed E-state index contributed by atoms with van der Waals surface area (Å²) < 4.78 is 5.87. The summed E-state index contributed by atoms with van der Waals surface area (Å²) in [7, 11) is 0. The summed E-state index contributed by atoms with van der Waals surface area (Å²) in [6.07, 6.45) is 4.63. The fraction of sp³-hybridized carbons (Fsp3) is 0.273. The first-order chi connectivity index (χ1) is 12.8. The van der Waals surface area contributed by atoms with Gasteiger partial charge >= 0.3 is 0 Å². The standard InChI is InChI=1S/C22H22N2O2/c25-24-22(17-6-1-2-7-17)18-10-13-20(14-11-18)26-15-19-12-9-16-5-3-4-8-21(16)23-19/h3-5,8-14,17,25H,1-2,6-7,15H2/b24-22+. The van der Waals surface area contributed by atoms with Crippen LogP contribution in [-0.2, 0) is 6.61 Å². The average Bonchev–Trinajstić information content (AvgIpc) is 3.22. The Bertz CT molecular complexity index is 913. The number of rotatable bonds is 5. The summed E-state index contributed by atoms with van der Waals surface area (Å²) in [4.78, 5) is 4.62. The number of benzene rings is 2. The van der Waals surface area contributed by atoms with Gasteiger partial charge in [-0.05, 0) is 54.8 Å². The number of hydrogen-bond donors (Lipinski definition) is 1. The lowest BCUT2D eigenvalue weighted by molar-refractivity contribution is 0.301. The molecule has 0 unspecified atom stereocenters. The molecule has 26 heavy (non-hydrogen) atoms. The molecule has 1 fully saturated rings. The Balaban J connectivity index is 1.43. The van der Waals surface area contributed by atoms with Gasteiger partial charge in [0.25, 0.3) is 0 Å². The second-order valence-electron chi connectivity index (χ2n) is 6.77. The molecule has 0 atom stereocenters. The topological polar surface area (TPSA) is 54.7 Å². The SMILES string of the molecule is O/N=C(/c1ccc(OCc2ccc3ccccc3n2)cc1)C1CCCC1. The molecule has 0 radical (unpaired) electrons. The zero-order valence-electron chi connectivity index (χ0n) is 14.6. The van der Waals surface area contributed by atoms with Crippen LogP contribution in [0.15, 0.2) is 65.8 Å².